The summed E-state index contributed by atoms with van der Waals surface area (Å²) in [6.07, 6.45) is 4.81. The molecule has 140 valence electrons. The first-order valence-electron chi connectivity index (χ1n) is 8.12. The first kappa shape index (κ1) is 19.8. The van der Waals surface area contributed by atoms with Crippen molar-refractivity contribution in [2.24, 2.45) is 0 Å². The topological polar surface area (TPSA) is 82.1 Å². The molecule has 0 fully saturated rings. The number of carboxylic acids is 1. The van der Waals surface area contributed by atoms with E-state index in [0.717, 1.165) is 11.3 Å². The van der Waals surface area contributed by atoms with Crippen LogP contribution in [0.1, 0.15) is 15.9 Å². The molecular formula is C21H20O6. The molecule has 0 radical (unpaired) electrons. The van der Waals surface area contributed by atoms with Crippen LogP contribution in [0.3, 0.4) is 0 Å². The number of ketones is 1. The number of aliphatic carboxylic acids is 1. The van der Waals surface area contributed by atoms with Gasteiger partial charge >= 0.3 is 5.97 Å². The van der Waals surface area contributed by atoms with Gasteiger partial charge in [0.25, 0.3) is 0 Å². The molecule has 6 heteroatoms. The maximum Gasteiger partial charge on any atom is 0.341 e. The van der Waals surface area contributed by atoms with Gasteiger partial charge in [0, 0.05) is 5.56 Å². The Hall–Kier alpha value is -3.54. The van der Waals surface area contributed by atoms with Crippen LogP contribution in [0, 0.1) is 0 Å². The predicted octanol–water partition coefficient (Wildman–Crippen LogP) is 3.62. The highest BCUT2D eigenvalue weighted by molar-refractivity contribution is 6.07. The number of carboxylic acid groups (broad SMARTS) is 1. The molecule has 0 amide bonds. The Morgan fingerprint density at radius 1 is 1.07 bits per heavy atom. The number of carbonyl (C=O) groups is 2. The van der Waals surface area contributed by atoms with Gasteiger partial charge in [0.2, 0.25) is 0 Å². The minimum Gasteiger partial charge on any atom is -0.493 e. The Balaban J connectivity index is 2.07. The number of ether oxygens (including phenoxy) is 3. The fourth-order valence-electron chi connectivity index (χ4n) is 2.18. The fraction of sp³-hybridized carbons (Fsp3) is 0.143. The van der Waals surface area contributed by atoms with Gasteiger partial charge in [0.05, 0.1) is 7.11 Å². The molecule has 0 bridgehead atoms. The second-order valence-electron chi connectivity index (χ2n) is 5.41. The second-order valence-corrected chi connectivity index (χ2v) is 5.41. The van der Waals surface area contributed by atoms with Crippen LogP contribution in [0.25, 0.3) is 6.08 Å². The van der Waals surface area contributed by atoms with E-state index in [1.54, 1.807) is 18.2 Å². The van der Waals surface area contributed by atoms with Gasteiger partial charge in [-0.1, -0.05) is 30.9 Å². The lowest BCUT2D eigenvalue weighted by molar-refractivity contribution is -0.139. The van der Waals surface area contributed by atoms with Crippen molar-refractivity contribution in [3.63, 3.8) is 0 Å². The average Bonchev–Trinajstić information content (AvgIpc) is 2.69. The number of hydrogen-bond donors (Lipinski definition) is 1. The van der Waals surface area contributed by atoms with Crippen LogP contribution in [-0.4, -0.2) is 37.2 Å². The number of carbonyl (C=O) groups excluding carboxylic acids is 1. The highest BCUT2D eigenvalue weighted by Gasteiger charge is 2.10. The maximum absolute atomic E-state index is 12.4. The third-order valence-corrected chi connectivity index (χ3v) is 3.47. The summed E-state index contributed by atoms with van der Waals surface area (Å²) in [5.74, 6) is -0.0408. The van der Waals surface area contributed by atoms with E-state index in [1.165, 1.54) is 25.3 Å². The van der Waals surface area contributed by atoms with Crippen molar-refractivity contribution in [2.45, 2.75) is 0 Å². The molecule has 0 unspecified atom stereocenters. The number of rotatable bonds is 10. The van der Waals surface area contributed by atoms with Crippen molar-refractivity contribution in [1.29, 1.82) is 0 Å². The molecule has 0 heterocycles. The SMILES string of the molecule is C=CCOc1ccc(/C=C/C(=O)c2ccc(OCC(=O)O)c(OC)c2)cc1. The molecule has 0 aromatic heterocycles. The van der Waals surface area contributed by atoms with Gasteiger partial charge in [-0.05, 0) is 42.0 Å². The van der Waals surface area contributed by atoms with Gasteiger partial charge in [-0.3, -0.25) is 4.79 Å². The largest absolute Gasteiger partial charge is 0.493 e. The zero-order valence-electron chi connectivity index (χ0n) is 14.9. The monoisotopic (exact) mass is 368 g/mol. The van der Waals surface area contributed by atoms with E-state index in [9.17, 15) is 9.59 Å². The van der Waals surface area contributed by atoms with Gasteiger partial charge in [-0.15, -0.1) is 0 Å². The third-order valence-electron chi connectivity index (χ3n) is 3.47. The molecule has 2 rings (SSSR count). The molecule has 27 heavy (non-hydrogen) atoms. The van der Waals surface area contributed by atoms with Crippen LogP contribution in [0.4, 0.5) is 0 Å². The van der Waals surface area contributed by atoms with E-state index in [-0.39, 0.29) is 11.5 Å². The van der Waals surface area contributed by atoms with Crippen LogP contribution in [0.2, 0.25) is 0 Å². The van der Waals surface area contributed by atoms with Crippen molar-refractivity contribution < 1.29 is 28.9 Å². The molecule has 0 aliphatic carbocycles. The summed E-state index contributed by atoms with van der Waals surface area (Å²) in [4.78, 5) is 23.0. The van der Waals surface area contributed by atoms with Crippen LogP contribution >= 0.6 is 0 Å². The number of benzene rings is 2. The predicted molar refractivity (Wildman–Crippen MR) is 102 cm³/mol. The van der Waals surface area contributed by atoms with E-state index >= 15 is 0 Å². The van der Waals surface area contributed by atoms with Crippen LogP contribution < -0.4 is 14.2 Å². The Morgan fingerprint density at radius 2 is 1.81 bits per heavy atom. The molecule has 0 saturated heterocycles. The van der Waals surface area contributed by atoms with E-state index in [4.69, 9.17) is 19.3 Å². The molecular weight excluding hydrogens is 348 g/mol. The van der Waals surface area contributed by atoms with Gasteiger partial charge in [-0.25, -0.2) is 4.79 Å². The van der Waals surface area contributed by atoms with Crippen LogP contribution in [0.15, 0.2) is 61.2 Å². The molecule has 2 aromatic rings. The highest BCUT2D eigenvalue weighted by atomic mass is 16.5. The zero-order chi connectivity index (χ0) is 19.6. The summed E-state index contributed by atoms with van der Waals surface area (Å²) in [7, 11) is 1.42. The molecule has 0 saturated carbocycles. The Morgan fingerprint density at radius 3 is 2.44 bits per heavy atom. The van der Waals surface area contributed by atoms with Gasteiger partial charge < -0.3 is 19.3 Å². The van der Waals surface area contributed by atoms with Gasteiger partial charge in [0.15, 0.2) is 23.9 Å². The molecule has 2 aromatic carbocycles. The van der Waals surface area contributed by atoms with Crippen LogP contribution in [-0.2, 0) is 4.79 Å². The van der Waals surface area contributed by atoms with E-state index < -0.39 is 12.6 Å². The van der Waals surface area contributed by atoms with Crippen molar-refractivity contribution in [2.75, 3.05) is 20.3 Å². The Bertz CT molecular complexity index is 836. The quantitative estimate of drug-likeness (QED) is 0.392. The van der Waals surface area contributed by atoms with Gasteiger partial charge in [-0.2, -0.15) is 0 Å². The lowest BCUT2D eigenvalue weighted by atomic mass is 10.1. The van der Waals surface area contributed by atoms with E-state index in [0.29, 0.717) is 17.9 Å². The molecule has 0 aliphatic rings. The summed E-state index contributed by atoms with van der Waals surface area (Å²) in [5.41, 5.74) is 1.25. The molecule has 1 N–H and O–H groups in total. The highest BCUT2D eigenvalue weighted by Crippen LogP contribution is 2.28. The minimum absolute atomic E-state index is 0.218. The molecule has 0 spiro atoms. The summed E-state index contributed by atoms with van der Waals surface area (Å²) in [6.45, 7) is 3.53. The van der Waals surface area contributed by atoms with E-state index in [2.05, 4.69) is 6.58 Å². The lowest BCUT2D eigenvalue weighted by Crippen LogP contribution is -2.10. The minimum atomic E-state index is -1.10. The average molecular weight is 368 g/mol. The van der Waals surface area contributed by atoms with Crippen molar-refractivity contribution in [3.8, 4) is 17.2 Å². The second kappa shape index (κ2) is 9.82. The first-order valence-corrected chi connectivity index (χ1v) is 8.12. The zero-order valence-corrected chi connectivity index (χ0v) is 14.9. The Labute approximate surface area is 157 Å². The lowest BCUT2D eigenvalue weighted by Gasteiger charge is -2.10. The van der Waals surface area contributed by atoms with Crippen molar-refractivity contribution in [3.05, 3.63) is 72.3 Å². The number of allylic oxidation sites excluding steroid dienone is 1. The summed E-state index contributed by atoms with van der Waals surface area (Å²) < 4.78 is 15.7. The normalized spacial score (nSPS) is 10.4. The van der Waals surface area contributed by atoms with E-state index in [1.807, 2.05) is 24.3 Å². The van der Waals surface area contributed by atoms with Crippen molar-refractivity contribution >= 4 is 17.8 Å². The number of hydrogen-bond acceptors (Lipinski definition) is 5. The van der Waals surface area contributed by atoms with Gasteiger partial charge in [0.1, 0.15) is 12.4 Å². The summed E-state index contributed by atoms with van der Waals surface area (Å²) in [5, 5.41) is 8.68. The smallest absolute Gasteiger partial charge is 0.341 e. The first-order chi connectivity index (χ1) is 13.0. The molecule has 0 aliphatic heterocycles. The third kappa shape index (κ3) is 6.04. The van der Waals surface area contributed by atoms with Crippen molar-refractivity contribution in [1.82, 2.24) is 0 Å². The summed E-state index contributed by atoms with van der Waals surface area (Å²) >= 11 is 0. The maximum atomic E-state index is 12.4. The van der Waals surface area contributed by atoms with Crippen LogP contribution in [0.5, 0.6) is 17.2 Å². The molecule has 0 atom stereocenters. The summed E-state index contributed by atoms with van der Waals surface area (Å²) in [6, 6.07) is 11.9. The Kier molecular flexibility index (Phi) is 7.19. The fourth-order valence-corrected chi connectivity index (χ4v) is 2.18. The standard InChI is InChI=1S/C21H20O6/c1-3-12-26-17-8-4-15(5-9-17)6-10-18(22)16-7-11-19(20(13-16)25-2)27-14-21(23)24/h3-11,13H,1,12,14H2,2H3,(H,23,24)/b10-6+. The molecule has 6 nitrogen and oxygen atoms in total. The number of methoxy groups -OCH3 is 1.